The fourth-order valence-corrected chi connectivity index (χ4v) is 2.78. The van der Waals surface area contributed by atoms with Crippen LogP contribution < -0.4 is 10.6 Å². The van der Waals surface area contributed by atoms with Crippen molar-refractivity contribution in [2.75, 3.05) is 20.7 Å². The molecule has 0 fully saturated rings. The summed E-state index contributed by atoms with van der Waals surface area (Å²) in [6.45, 7) is 2.80. The monoisotopic (exact) mass is 332 g/mol. The Morgan fingerprint density at radius 3 is 3.17 bits per heavy atom. The Bertz CT molecular complexity index is 663. The van der Waals surface area contributed by atoms with Crippen LogP contribution in [-0.4, -0.2) is 57.2 Å². The molecule has 2 aromatic heterocycles. The Balaban J connectivity index is 1.49. The average molecular weight is 332 g/mol. The summed E-state index contributed by atoms with van der Waals surface area (Å²) in [5.74, 6) is 2.57. The predicted molar refractivity (Wildman–Crippen MR) is 89.6 cm³/mol. The van der Waals surface area contributed by atoms with E-state index in [4.69, 9.17) is 4.74 Å². The Labute approximate surface area is 141 Å². The number of fused-ring (bicyclic) bond motifs is 1. The van der Waals surface area contributed by atoms with Gasteiger partial charge >= 0.3 is 0 Å². The van der Waals surface area contributed by atoms with E-state index in [-0.39, 0.29) is 6.04 Å². The van der Waals surface area contributed by atoms with Crippen LogP contribution in [0.1, 0.15) is 18.1 Å². The smallest absolute Gasteiger partial charge is 0.191 e. The van der Waals surface area contributed by atoms with Gasteiger partial charge in [0.2, 0.25) is 0 Å². The molecule has 3 heterocycles. The second-order valence-electron chi connectivity index (χ2n) is 5.71. The fourth-order valence-electron chi connectivity index (χ4n) is 2.78. The van der Waals surface area contributed by atoms with Gasteiger partial charge in [-0.2, -0.15) is 10.2 Å². The molecule has 0 aliphatic carbocycles. The Morgan fingerprint density at radius 1 is 1.50 bits per heavy atom. The number of aliphatic imine (C=N–C) groups is 1. The first-order chi connectivity index (χ1) is 11.8. The predicted octanol–water partition coefficient (Wildman–Crippen LogP) is -0.199. The highest BCUT2D eigenvalue weighted by Crippen LogP contribution is 2.13. The summed E-state index contributed by atoms with van der Waals surface area (Å²) < 4.78 is 8.95. The molecular formula is C15H24N8O. The van der Waals surface area contributed by atoms with Crippen molar-refractivity contribution in [1.29, 1.82) is 0 Å². The molecule has 0 spiro atoms. The standard InChI is InChI=1S/C15H24N8O/c1-16-15(17-7-9-22-8-3-6-18-22)19-12-4-5-14-20-13(11-24-2)21-23(14)10-12/h3,6,8,12H,4-5,7,9-11H2,1-2H3,(H2,16,17,19). The minimum atomic E-state index is 0.283. The summed E-state index contributed by atoms with van der Waals surface area (Å²) in [6.07, 6.45) is 5.63. The topological polar surface area (TPSA) is 94.2 Å². The number of aryl methyl sites for hydroxylation is 1. The molecule has 3 rings (SSSR count). The van der Waals surface area contributed by atoms with E-state index >= 15 is 0 Å². The lowest BCUT2D eigenvalue weighted by atomic mass is 10.1. The molecule has 0 saturated carbocycles. The third kappa shape index (κ3) is 4.10. The van der Waals surface area contributed by atoms with Crippen LogP contribution >= 0.6 is 0 Å². The van der Waals surface area contributed by atoms with Crippen molar-refractivity contribution in [1.82, 2.24) is 35.2 Å². The van der Waals surface area contributed by atoms with Crippen LogP contribution in [0.3, 0.4) is 0 Å². The van der Waals surface area contributed by atoms with Crippen LogP contribution in [0.15, 0.2) is 23.5 Å². The largest absolute Gasteiger partial charge is 0.377 e. The molecule has 0 saturated heterocycles. The number of hydrogen-bond acceptors (Lipinski definition) is 5. The van der Waals surface area contributed by atoms with Crippen LogP contribution in [0.5, 0.6) is 0 Å². The highest BCUT2D eigenvalue weighted by molar-refractivity contribution is 5.79. The molecule has 0 aromatic carbocycles. The van der Waals surface area contributed by atoms with Crippen LogP contribution in [0.2, 0.25) is 0 Å². The van der Waals surface area contributed by atoms with Crippen molar-refractivity contribution in [3.05, 3.63) is 30.1 Å². The van der Waals surface area contributed by atoms with E-state index in [0.717, 1.165) is 50.1 Å². The molecule has 0 amide bonds. The molecule has 2 N–H and O–H groups in total. The maximum atomic E-state index is 5.10. The van der Waals surface area contributed by atoms with Gasteiger partial charge in [0.1, 0.15) is 12.4 Å². The normalized spacial score (nSPS) is 17.6. The summed E-state index contributed by atoms with van der Waals surface area (Å²) in [4.78, 5) is 8.79. The summed E-state index contributed by atoms with van der Waals surface area (Å²) in [6, 6.07) is 2.20. The second kappa shape index (κ2) is 7.91. The van der Waals surface area contributed by atoms with Gasteiger partial charge < -0.3 is 15.4 Å². The number of aromatic nitrogens is 5. The molecule has 0 radical (unpaired) electrons. The van der Waals surface area contributed by atoms with E-state index in [1.807, 2.05) is 21.6 Å². The Kier molecular flexibility index (Phi) is 5.42. The fraction of sp³-hybridized carbons (Fsp3) is 0.600. The summed E-state index contributed by atoms with van der Waals surface area (Å²) in [5.41, 5.74) is 0. The van der Waals surface area contributed by atoms with E-state index in [2.05, 4.69) is 30.8 Å². The maximum absolute atomic E-state index is 5.10. The highest BCUT2D eigenvalue weighted by Gasteiger charge is 2.22. The first kappa shape index (κ1) is 16.4. The van der Waals surface area contributed by atoms with Crippen LogP contribution in [0, 0.1) is 0 Å². The number of ether oxygens (including phenoxy) is 1. The third-order valence-electron chi connectivity index (χ3n) is 3.93. The van der Waals surface area contributed by atoms with Crippen molar-refractivity contribution in [2.24, 2.45) is 4.99 Å². The highest BCUT2D eigenvalue weighted by atomic mass is 16.5. The maximum Gasteiger partial charge on any atom is 0.191 e. The van der Waals surface area contributed by atoms with Gasteiger partial charge in [-0.3, -0.25) is 9.67 Å². The van der Waals surface area contributed by atoms with Gasteiger partial charge in [0, 0.05) is 45.6 Å². The van der Waals surface area contributed by atoms with Gasteiger partial charge in [0.25, 0.3) is 0 Å². The van der Waals surface area contributed by atoms with Gasteiger partial charge in [-0.1, -0.05) is 0 Å². The van der Waals surface area contributed by atoms with Crippen molar-refractivity contribution in [3.8, 4) is 0 Å². The van der Waals surface area contributed by atoms with Crippen molar-refractivity contribution in [2.45, 2.75) is 38.6 Å². The summed E-state index contributed by atoms with van der Waals surface area (Å²) >= 11 is 0. The molecule has 0 bridgehead atoms. The first-order valence-corrected chi connectivity index (χ1v) is 8.14. The Morgan fingerprint density at radius 2 is 2.42 bits per heavy atom. The van der Waals surface area contributed by atoms with Crippen molar-refractivity contribution in [3.63, 3.8) is 0 Å². The molecule has 1 unspecified atom stereocenters. The number of nitrogens with one attached hydrogen (secondary N) is 2. The molecule has 24 heavy (non-hydrogen) atoms. The second-order valence-corrected chi connectivity index (χ2v) is 5.71. The first-order valence-electron chi connectivity index (χ1n) is 8.14. The molecule has 9 nitrogen and oxygen atoms in total. The van der Waals surface area contributed by atoms with E-state index in [1.165, 1.54) is 0 Å². The summed E-state index contributed by atoms with van der Waals surface area (Å²) in [5, 5.41) is 15.4. The van der Waals surface area contributed by atoms with E-state index in [1.54, 1.807) is 20.4 Å². The number of nitrogens with zero attached hydrogens (tertiary/aromatic N) is 6. The zero-order valence-electron chi connectivity index (χ0n) is 14.1. The number of methoxy groups -OCH3 is 1. The molecular weight excluding hydrogens is 308 g/mol. The number of rotatable bonds is 6. The van der Waals surface area contributed by atoms with E-state index in [9.17, 15) is 0 Å². The zero-order chi connectivity index (χ0) is 16.8. The van der Waals surface area contributed by atoms with Gasteiger partial charge in [0.05, 0.1) is 13.1 Å². The Hall–Kier alpha value is -2.42. The molecule has 2 aromatic rings. The number of guanidine groups is 1. The molecule has 130 valence electrons. The molecule has 1 aliphatic heterocycles. The summed E-state index contributed by atoms with van der Waals surface area (Å²) in [7, 11) is 3.44. The minimum Gasteiger partial charge on any atom is -0.377 e. The van der Waals surface area contributed by atoms with E-state index in [0.29, 0.717) is 6.61 Å². The average Bonchev–Trinajstić information content (AvgIpc) is 3.23. The van der Waals surface area contributed by atoms with Crippen LogP contribution in [0.25, 0.3) is 0 Å². The van der Waals surface area contributed by atoms with Gasteiger partial charge in [-0.25, -0.2) is 9.67 Å². The molecule has 1 atom stereocenters. The van der Waals surface area contributed by atoms with Crippen molar-refractivity contribution < 1.29 is 4.74 Å². The van der Waals surface area contributed by atoms with Crippen LogP contribution in [-0.2, 0) is 30.9 Å². The lowest BCUT2D eigenvalue weighted by Crippen LogP contribution is -2.47. The zero-order valence-corrected chi connectivity index (χ0v) is 14.1. The van der Waals surface area contributed by atoms with E-state index < -0.39 is 0 Å². The molecule has 9 heteroatoms. The quantitative estimate of drug-likeness (QED) is 0.562. The van der Waals surface area contributed by atoms with Gasteiger partial charge in [0.15, 0.2) is 11.8 Å². The third-order valence-corrected chi connectivity index (χ3v) is 3.93. The molecule has 1 aliphatic rings. The minimum absolute atomic E-state index is 0.283. The SMILES string of the molecule is CN=C(NCCn1cccn1)NC1CCc2nc(COC)nn2C1. The van der Waals surface area contributed by atoms with Crippen LogP contribution in [0.4, 0.5) is 0 Å². The number of hydrogen-bond donors (Lipinski definition) is 2. The lowest BCUT2D eigenvalue weighted by molar-refractivity contribution is 0.177. The van der Waals surface area contributed by atoms with Crippen molar-refractivity contribution >= 4 is 5.96 Å². The van der Waals surface area contributed by atoms with Gasteiger partial charge in [-0.15, -0.1) is 0 Å². The van der Waals surface area contributed by atoms with Gasteiger partial charge in [-0.05, 0) is 12.5 Å². The lowest BCUT2D eigenvalue weighted by Gasteiger charge is -2.25.